The molecule has 0 unspecified atom stereocenters. The van der Waals surface area contributed by atoms with Crippen LogP contribution in [0.15, 0.2) is 18.2 Å². The molecule has 2 aliphatic heterocycles. The summed E-state index contributed by atoms with van der Waals surface area (Å²) in [6.07, 6.45) is 5.54. The van der Waals surface area contributed by atoms with Crippen molar-refractivity contribution < 1.29 is 0 Å². The second kappa shape index (κ2) is 7.15. The van der Waals surface area contributed by atoms with Gasteiger partial charge in [-0.1, -0.05) is 22.0 Å². The van der Waals surface area contributed by atoms with Crippen LogP contribution in [-0.4, -0.2) is 37.6 Å². The molecule has 0 atom stereocenters. The van der Waals surface area contributed by atoms with Crippen LogP contribution < -0.4 is 4.90 Å². The Hall–Kier alpha value is -0.540. The molecule has 21 heavy (non-hydrogen) atoms. The van der Waals surface area contributed by atoms with Gasteiger partial charge in [-0.25, -0.2) is 0 Å². The minimum Gasteiger partial charge on any atom is -0.372 e. The lowest BCUT2D eigenvalue weighted by atomic mass is 9.95. The molecule has 2 heterocycles. The van der Waals surface area contributed by atoms with Crippen molar-refractivity contribution in [1.82, 2.24) is 4.90 Å². The number of hydrogen-bond acceptors (Lipinski definition) is 2. The average Bonchev–Trinajstić information content (AvgIpc) is 3.01. The number of alkyl halides is 1. The molecule has 2 saturated heterocycles. The highest BCUT2D eigenvalue weighted by atomic mass is 79.9. The van der Waals surface area contributed by atoms with E-state index in [9.17, 15) is 0 Å². The Bertz CT molecular complexity index is 460. The van der Waals surface area contributed by atoms with Crippen molar-refractivity contribution >= 4 is 21.6 Å². The Morgan fingerprint density at radius 2 is 1.81 bits per heavy atom. The summed E-state index contributed by atoms with van der Waals surface area (Å²) < 4.78 is 0. The molecule has 2 aliphatic rings. The van der Waals surface area contributed by atoms with Crippen molar-refractivity contribution in [3.8, 4) is 0 Å². The molecule has 2 fully saturated rings. The summed E-state index contributed by atoms with van der Waals surface area (Å²) in [7, 11) is 0. The fraction of sp³-hybridized carbons (Fsp3) is 0.667. The molecule has 2 nitrogen and oxygen atoms in total. The zero-order valence-corrected chi connectivity index (χ0v) is 14.7. The molecule has 3 rings (SSSR count). The van der Waals surface area contributed by atoms with Crippen molar-refractivity contribution in [2.45, 2.75) is 37.9 Å². The minimum absolute atomic E-state index is 0.919. The van der Waals surface area contributed by atoms with Gasteiger partial charge in [0.25, 0.3) is 0 Å². The molecule has 0 aromatic heterocycles. The van der Waals surface area contributed by atoms with Crippen molar-refractivity contribution in [3.63, 3.8) is 0 Å². The zero-order chi connectivity index (χ0) is 14.7. The third kappa shape index (κ3) is 3.81. The molecule has 1 aromatic carbocycles. The fourth-order valence-electron chi connectivity index (χ4n) is 3.73. The van der Waals surface area contributed by atoms with Crippen molar-refractivity contribution in [2.75, 3.05) is 37.6 Å². The number of rotatable bonds is 4. The highest BCUT2D eigenvalue weighted by Gasteiger charge is 2.23. The van der Waals surface area contributed by atoms with Crippen molar-refractivity contribution in [3.05, 3.63) is 29.3 Å². The first-order valence-electron chi connectivity index (χ1n) is 8.39. The van der Waals surface area contributed by atoms with Gasteiger partial charge in [0.05, 0.1) is 0 Å². The molecular weight excluding hydrogens is 324 g/mol. The highest BCUT2D eigenvalue weighted by molar-refractivity contribution is 9.08. The molecule has 0 bridgehead atoms. The first kappa shape index (κ1) is 15.4. The maximum absolute atomic E-state index is 3.56. The van der Waals surface area contributed by atoms with Gasteiger partial charge in [-0.3, -0.25) is 0 Å². The Balaban J connectivity index is 1.54. The molecule has 1 aromatic rings. The molecule has 0 spiro atoms. The van der Waals surface area contributed by atoms with E-state index in [0.29, 0.717) is 0 Å². The molecule has 0 radical (unpaired) electrons. The van der Waals surface area contributed by atoms with E-state index in [-0.39, 0.29) is 0 Å². The molecule has 0 N–H and O–H groups in total. The van der Waals surface area contributed by atoms with Gasteiger partial charge in [0.1, 0.15) is 0 Å². The maximum Gasteiger partial charge on any atom is 0.0369 e. The van der Waals surface area contributed by atoms with E-state index >= 15 is 0 Å². The van der Waals surface area contributed by atoms with Gasteiger partial charge in [0.15, 0.2) is 0 Å². The predicted octanol–water partition coefficient (Wildman–Crippen LogP) is 4.20. The maximum atomic E-state index is 3.56. The van der Waals surface area contributed by atoms with Crippen LogP contribution in [0.5, 0.6) is 0 Å². The molecule has 0 saturated carbocycles. The van der Waals surface area contributed by atoms with E-state index in [1.807, 2.05) is 0 Å². The number of piperidine rings is 1. The first-order valence-corrected chi connectivity index (χ1v) is 9.51. The number of benzene rings is 1. The summed E-state index contributed by atoms with van der Waals surface area (Å²) in [5.74, 6) is 0.919. The van der Waals surface area contributed by atoms with Crippen LogP contribution >= 0.6 is 15.9 Å². The Labute approximate surface area is 137 Å². The van der Waals surface area contributed by atoms with Gasteiger partial charge in [0.2, 0.25) is 0 Å². The topological polar surface area (TPSA) is 6.48 Å². The van der Waals surface area contributed by atoms with Crippen LogP contribution in [0.2, 0.25) is 0 Å². The van der Waals surface area contributed by atoms with E-state index < -0.39 is 0 Å². The van der Waals surface area contributed by atoms with Crippen LogP contribution in [0.25, 0.3) is 0 Å². The van der Waals surface area contributed by atoms with Gasteiger partial charge in [0, 0.05) is 30.7 Å². The lowest BCUT2D eigenvalue weighted by Gasteiger charge is -2.35. The van der Waals surface area contributed by atoms with E-state index in [1.54, 1.807) is 0 Å². The number of nitrogens with zero attached hydrogens (tertiary/aromatic N) is 2. The first-order chi connectivity index (χ1) is 10.3. The Morgan fingerprint density at radius 1 is 1.10 bits per heavy atom. The minimum atomic E-state index is 0.919. The van der Waals surface area contributed by atoms with Crippen LogP contribution in [0.1, 0.15) is 36.8 Å². The number of halogens is 1. The molecule has 0 amide bonds. The Kier molecular flexibility index (Phi) is 5.23. The Morgan fingerprint density at radius 3 is 2.43 bits per heavy atom. The molecule has 3 heteroatoms. The second-order valence-corrected chi connectivity index (χ2v) is 7.24. The highest BCUT2D eigenvalue weighted by Crippen LogP contribution is 2.27. The summed E-state index contributed by atoms with van der Waals surface area (Å²) in [5, 5.41) is 0.955. The van der Waals surface area contributed by atoms with Gasteiger partial charge < -0.3 is 9.80 Å². The molecule has 116 valence electrons. The third-order valence-corrected chi connectivity index (χ3v) is 5.77. The summed E-state index contributed by atoms with van der Waals surface area (Å²) in [4.78, 5) is 5.25. The normalized spacial score (nSPS) is 21.1. The SMILES string of the molecule is Cc1cc(N2CCC(CN3CCCC3)CC2)ccc1CBr. The predicted molar refractivity (Wildman–Crippen MR) is 94.4 cm³/mol. The van der Waals surface area contributed by atoms with Crippen LogP contribution in [0.4, 0.5) is 5.69 Å². The summed E-state index contributed by atoms with van der Waals surface area (Å²) in [6.45, 7) is 8.70. The van der Waals surface area contributed by atoms with Gasteiger partial charge in [-0.15, -0.1) is 0 Å². The summed E-state index contributed by atoms with van der Waals surface area (Å²) >= 11 is 3.56. The van der Waals surface area contributed by atoms with E-state index in [0.717, 1.165) is 11.2 Å². The van der Waals surface area contributed by atoms with E-state index in [4.69, 9.17) is 0 Å². The van der Waals surface area contributed by atoms with Crippen LogP contribution in [0, 0.1) is 12.8 Å². The van der Waals surface area contributed by atoms with Gasteiger partial charge in [-0.05, 0) is 74.9 Å². The number of aryl methyl sites for hydroxylation is 1. The second-order valence-electron chi connectivity index (χ2n) is 6.68. The smallest absolute Gasteiger partial charge is 0.0369 e. The van der Waals surface area contributed by atoms with Crippen LogP contribution in [0.3, 0.4) is 0 Å². The lowest BCUT2D eigenvalue weighted by Crippen LogP contribution is -2.38. The quantitative estimate of drug-likeness (QED) is 0.750. The number of anilines is 1. The van der Waals surface area contributed by atoms with Gasteiger partial charge in [-0.2, -0.15) is 0 Å². The van der Waals surface area contributed by atoms with Crippen LogP contribution in [-0.2, 0) is 5.33 Å². The lowest BCUT2D eigenvalue weighted by molar-refractivity contribution is 0.249. The summed E-state index contributed by atoms with van der Waals surface area (Å²) in [6, 6.07) is 6.93. The van der Waals surface area contributed by atoms with E-state index in [2.05, 4.69) is 50.9 Å². The summed E-state index contributed by atoms with van der Waals surface area (Å²) in [5.41, 5.74) is 4.23. The van der Waals surface area contributed by atoms with Gasteiger partial charge >= 0.3 is 0 Å². The third-order valence-electron chi connectivity index (χ3n) is 5.16. The van der Waals surface area contributed by atoms with E-state index in [1.165, 1.54) is 75.2 Å². The fourth-order valence-corrected chi connectivity index (χ4v) is 4.36. The standard InChI is InChI=1S/C18H27BrN2/c1-15-12-18(5-4-17(15)13-19)21-10-6-16(7-11-21)14-20-8-2-3-9-20/h4-5,12,16H,2-3,6-11,13-14H2,1H3. The zero-order valence-electron chi connectivity index (χ0n) is 13.2. The number of hydrogen-bond donors (Lipinski definition) is 0. The molecule has 0 aliphatic carbocycles. The largest absolute Gasteiger partial charge is 0.372 e. The average molecular weight is 351 g/mol. The number of likely N-dealkylation sites (tertiary alicyclic amines) is 1. The van der Waals surface area contributed by atoms with Crippen molar-refractivity contribution in [1.29, 1.82) is 0 Å². The molecular formula is C18H27BrN2. The monoisotopic (exact) mass is 350 g/mol. The van der Waals surface area contributed by atoms with Crippen molar-refractivity contribution in [2.24, 2.45) is 5.92 Å².